The van der Waals surface area contributed by atoms with E-state index in [1.165, 1.54) is 18.2 Å². The summed E-state index contributed by atoms with van der Waals surface area (Å²) >= 11 is 0. The van der Waals surface area contributed by atoms with Gasteiger partial charge in [-0.25, -0.2) is 4.39 Å². The van der Waals surface area contributed by atoms with Crippen molar-refractivity contribution in [3.05, 3.63) is 54.1 Å². The van der Waals surface area contributed by atoms with E-state index in [4.69, 9.17) is 0 Å². The van der Waals surface area contributed by atoms with Gasteiger partial charge in [-0.15, -0.1) is 0 Å². The second-order valence-electron chi connectivity index (χ2n) is 5.04. The fourth-order valence-corrected chi connectivity index (χ4v) is 2.11. The number of carbonyl (C=O) groups excluding carboxylic acids is 2. The molecule has 7 heteroatoms. The smallest absolute Gasteiger partial charge is 0.313 e. The van der Waals surface area contributed by atoms with Crippen molar-refractivity contribution in [1.82, 2.24) is 9.88 Å². The number of nitrogens with zero attached hydrogens (tertiary/aromatic N) is 1. The number of aliphatic hydroxyl groups is 1. The molecule has 0 aliphatic rings. The van der Waals surface area contributed by atoms with Crippen molar-refractivity contribution in [2.75, 3.05) is 11.9 Å². The molecule has 1 heterocycles. The average molecular weight is 319 g/mol. The lowest BCUT2D eigenvalue weighted by atomic mass is 10.2. The number of anilines is 1. The number of amides is 2. The first-order chi connectivity index (χ1) is 11.0. The van der Waals surface area contributed by atoms with Crippen LogP contribution in [0.1, 0.15) is 18.2 Å². The number of rotatable bonds is 5. The third-order valence-corrected chi connectivity index (χ3v) is 3.36. The highest BCUT2D eigenvalue weighted by Gasteiger charge is 2.16. The zero-order valence-corrected chi connectivity index (χ0v) is 12.6. The van der Waals surface area contributed by atoms with Gasteiger partial charge in [0.05, 0.1) is 11.8 Å². The molecule has 0 radical (unpaired) electrons. The fourth-order valence-electron chi connectivity index (χ4n) is 2.11. The highest BCUT2D eigenvalue weighted by molar-refractivity contribution is 6.39. The summed E-state index contributed by atoms with van der Waals surface area (Å²) in [5, 5.41) is 14.6. The number of para-hydroxylation sites is 1. The Hall–Kier alpha value is -2.67. The summed E-state index contributed by atoms with van der Waals surface area (Å²) in [7, 11) is 1.80. The van der Waals surface area contributed by atoms with E-state index < -0.39 is 23.7 Å². The molecular formula is C16H18FN3O3. The van der Waals surface area contributed by atoms with E-state index in [1.54, 1.807) is 36.0 Å². The molecule has 2 rings (SSSR count). The molecule has 3 N–H and O–H groups in total. The molecule has 122 valence electrons. The quantitative estimate of drug-likeness (QED) is 0.727. The monoisotopic (exact) mass is 319 g/mol. The van der Waals surface area contributed by atoms with Crippen LogP contribution in [0.2, 0.25) is 0 Å². The van der Waals surface area contributed by atoms with Gasteiger partial charge in [-0.1, -0.05) is 12.1 Å². The largest absolute Gasteiger partial charge is 0.387 e. The minimum absolute atomic E-state index is 0.0588. The van der Waals surface area contributed by atoms with Gasteiger partial charge < -0.3 is 20.3 Å². The van der Waals surface area contributed by atoms with Crippen LogP contribution in [0.4, 0.5) is 10.1 Å². The molecule has 23 heavy (non-hydrogen) atoms. The molecule has 0 saturated heterocycles. The number of benzene rings is 1. The fraction of sp³-hybridized carbons (Fsp3) is 0.250. The Bertz CT molecular complexity index is 699. The number of carbonyl (C=O) groups is 2. The van der Waals surface area contributed by atoms with Crippen molar-refractivity contribution in [1.29, 1.82) is 0 Å². The predicted molar refractivity (Wildman–Crippen MR) is 83.0 cm³/mol. The first kappa shape index (κ1) is 16.7. The number of nitrogens with one attached hydrogen (secondary N) is 2. The normalized spacial score (nSPS) is 11.8. The summed E-state index contributed by atoms with van der Waals surface area (Å²) in [6, 6.07) is 9.16. The lowest BCUT2D eigenvalue weighted by Crippen LogP contribution is -2.36. The number of aromatic nitrogens is 1. The second-order valence-corrected chi connectivity index (χ2v) is 5.04. The minimum Gasteiger partial charge on any atom is -0.387 e. The summed E-state index contributed by atoms with van der Waals surface area (Å²) in [6.07, 6.45) is 1.32. The number of aryl methyl sites for hydroxylation is 1. The zero-order valence-electron chi connectivity index (χ0n) is 12.6. The number of aliphatic hydroxyl groups excluding tert-OH is 1. The van der Waals surface area contributed by atoms with E-state index in [9.17, 15) is 19.1 Å². The molecular weight excluding hydrogens is 301 g/mol. The number of hydrogen-bond donors (Lipinski definition) is 3. The van der Waals surface area contributed by atoms with Crippen molar-refractivity contribution in [3.63, 3.8) is 0 Å². The van der Waals surface area contributed by atoms with Crippen molar-refractivity contribution < 1.29 is 19.1 Å². The van der Waals surface area contributed by atoms with Crippen LogP contribution in [-0.2, 0) is 16.6 Å². The molecule has 0 fully saturated rings. The van der Waals surface area contributed by atoms with Crippen LogP contribution in [-0.4, -0.2) is 28.0 Å². The predicted octanol–water partition coefficient (Wildman–Crippen LogP) is 1.34. The zero-order chi connectivity index (χ0) is 16.8. The lowest BCUT2D eigenvalue weighted by molar-refractivity contribution is -0.136. The Balaban J connectivity index is 1.79. The Labute approximate surface area is 132 Å². The van der Waals surface area contributed by atoms with Crippen molar-refractivity contribution in [2.45, 2.75) is 12.5 Å². The van der Waals surface area contributed by atoms with Gasteiger partial charge in [-0.2, -0.15) is 0 Å². The number of halogens is 1. The van der Waals surface area contributed by atoms with Gasteiger partial charge >= 0.3 is 11.8 Å². The lowest BCUT2D eigenvalue weighted by Gasteiger charge is -2.12. The second kappa shape index (κ2) is 7.55. The summed E-state index contributed by atoms with van der Waals surface area (Å²) in [5.41, 5.74) is 0.659. The van der Waals surface area contributed by atoms with Crippen molar-refractivity contribution in [2.24, 2.45) is 7.05 Å². The maximum atomic E-state index is 13.4. The summed E-state index contributed by atoms with van der Waals surface area (Å²) < 4.78 is 15.2. The van der Waals surface area contributed by atoms with E-state index in [0.29, 0.717) is 0 Å². The van der Waals surface area contributed by atoms with Gasteiger partial charge in [0, 0.05) is 25.5 Å². The summed E-state index contributed by atoms with van der Waals surface area (Å²) in [4.78, 5) is 23.3. The van der Waals surface area contributed by atoms with Gasteiger partial charge in [0.2, 0.25) is 0 Å². The molecule has 0 spiro atoms. The van der Waals surface area contributed by atoms with E-state index in [-0.39, 0.29) is 18.7 Å². The molecule has 6 nitrogen and oxygen atoms in total. The van der Waals surface area contributed by atoms with Crippen LogP contribution in [0.15, 0.2) is 42.6 Å². The average Bonchev–Trinajstić information content (AvgIpc) is 2.95. The third-order valence-electron chi connectivity index (χ3n) is 3.36. The molecule has 0 bridgehead atoms. The Morgan fingerprint density at radius 2 is 1.96 bits per heavy atom. The van der Waals surface area contributed by atoms with Crippen LogP contribution in [0.25, 0.3) is 0 Å². The summed E-state index contributed by atoms with van der Waals surface area (Å²) in [6.45, 7) is 0.121. The maximum Gasteiger partial charge on any atom is 0.313 e. The van der Waals surface area contributed by atoms with Gasteiger partial charge in [-0.3, -0.25) is 9.59 Å². The Morgan fingerprint density at radius 1 is 1.22 bits per heavy atom. The molecule has 2 aromatic rings. The highest BCUT2D eigenvalue weighted by atomic mass is 19.1. The molecule has 0 aliphatic carbocycles. The van der Waals surface area contributed by atoms with Gasteiger partial charge in [0.15, 0.2) is 0 Å². The van der Waals surface area contributed by atoms with Crippen LogP contribution in [0, 0.1) is 5.82 Å². The first-order valence-corrected chi connectivity index (χ1v) is 7.12. The molecule has 1 atom stereocenters. The molecule has 1 unspecified atom stereocenters. The molecule has 1 aromatic carbocycles. The van der Waals surface area contributed by atoms with E-state index in [1.807, 2.05) is 0 Å². The highest BCUT2D eigenvalue weighted by Crippen LogP contribution is 2.15. The van der Waals surface area contributed by atoms with E-state index in [0.717, 1.165) is 5.69 Å². The SMILES string of the molecule is Cn1cccc1C(O)CCNC(=O)C(=O)Nc1ccccc1F. The molecule has 1 aromatic heterocycles. The van der Waals surface area contributed by atoms with Crippen molar-refractivity contribution >= 4 is 17.5 Å². The van der Waals surface area contributed by atoms with Gasteiger partial charge in [0.25, 0.3) is 0 Å². The first-order valence-electron chi connectivity index (χ1n) is 7.12. The van der Waals surface area contributed by atoms with Crippen LogP contribution < -0.4 is 10.6 Å². The molecule has 0 aliphatic heterocycles. The Morgan fingerprint density at radius 3 is 2.61 bits per heavy atom. The molecule has 2 amide bonds. The number of hydrogen-bond acceptors (Lipinski definition) is 3. The van der Waals surface area contributed by atoms with Crippen LogP contribution in [0.3, 0.4) is 0 Å². The summed E-state index contributed by atoms with van der Waals surface area (Å²) in [5.74, 6) is -2.46. The maximum absolute atomic E-state index is 13.4. The topological polar surface area (TPSA) is 83.4 Å². The van der Waals surface area contributed by atoms with E-state index in [2.05, 4.69) is 10.6 Å². The van der Waals surface area contributed by atoms with Gasteiger partial charge in [-0.05, 0) is 30.7 Å². The third kappa shape index (κ3) is 4.40. The van der Waals surface area contributed by atoms with Crippen LogP contribution in [0.5, 0.6) is 0 Å². The Kier molecular flexibility index (Phi) is 5.48. The van der Waals surface area contributed by atoms with Crippen molar-refractivity contribution in [3.8, 4) is 0 Å². The van der Waals surface area contributed by atoms with Crippen LogP contribution >= 0.6 is 0 Å². The van der Waals surface area contributed by atoms with Gasteiger partial charge in [0.1, 0.15) is 5.82 Å². The van der Waals surface area contributed by atoms with E-state index >= 15 is 0 Å². The minimum atomic E-state index is -0.955. The standard InChI is InChI=1S/C16H18FN3O3/c1-20-10-4-7-13(20)14(21)8-9-18-15(22)16(23)19-12-6-3-2-5-11(12)17/h2-7,10,14,21H,8-9H2,1H3,(H,18,22)(H,19,23). The molecule has 0 saturated carbocycles.